The van der Waals surface area contributed by atoms with Crippen LogP contribution in [0.4, 0.5) is 0 Å². The quantitative estimate of drug-likeness (QED) is 0.0262. The van der Waals surface area contributed by atoms with E-state index < -0.39 is 6.10 Å². The van der Waals surface area contributed by atoms with E-state index in [1.807, 2.05) is 0 Å². The number of carbonyl (C=O) groups is 3. The van der Waals surface area contributed by atoms with Gasteiger partial charge in [-0.15, -0.1) is 0 Å². The highest BCUT2D eigenvalue weighted by molar-refractivity contribution is 5.71. The van der Waals surface area contributed by atoms with Crippen LogP contribution in [0.25, 0.3) is 0 Å². The SMILES string of the molecule is CCCCCC=CCC=CCC=CCCCCC(=O)OC[C@@H](COC(=O)CCCCCCCC=CCCCCCCCC)OC(=O)CCCCCCCC=CCCCCCCCC. The zero-order valence-corrected chi connectivity index (χ0v) is 41.6. The molecular weight excluding hydrogens is 781 g/mol. The van der Waals surface area contributed by atoms with Gasteiger partial charge in [-0.25, -0.2) is 0 Å². The summed E-state index contributed by atoms with van der Waals surface area (Å²) >= 11 is 0. The van der Waals surface area contributed by atoms with Crippen molar-refractivity contribution in [2.45, 2.75) is 271 Å². The van der Waals surface area contributed by atoms with Gasteiger partial charge in [-0.3, -0.25) is 14.4 Å². The predicted octanol–water partition coefficient (Wildman–Crippen LogP) is 17.6. The van der Waals surface area contributed by atoms with E-state index in [4.69, 9.17) is 14.2 Å². The smallest absolute Gasteiger partial charge is 0.306 e. The van der Waals surface area contributed by atoms with Crippen LogP contribution in [0.1, 0.15) is 265 Å². The number of carbonyl (C=O) groups excluding carboxylic acids is 3. The van der Waals surface area contributed by atoms with Crippen molar-refractivity contribution >= 4 is 17.9 Å². The highest BCUT2D eigenvalue weighted by Crippen LogP contribution is 2.14. The maximum atomic E-state index is 12.8. The fourth-order valence-electron chi connectivity index (χ4n) is 7.38. The fraction of sp³-hybridized carbons (Fsp3) is 0.772. The van der Waals surface area contributed by atoms with E-state index in [1.165, 1.54) is 135 Å². The van der Waals surface area contributed by atoms with E-state index >= 15 is 0 Å². The Morgan fingerprint density at radius 3 is 0.968 bits per heavy atom. The van der Waals surface area contributed by atoms with Crippen LogP contribution in [-0.4, -0.2) is 37.2 Å². The molecule has 364 valence electrons. The lowest BCUT2D eigenvalue weighted by atomic mass is 10.1. The standard InChI is InChI=1S/C57H100O6/c1-4-7-10-13-16-19-22-25-28-31-34-37-40-43-46-49-55(58)61-52-54(63-57(60)51-48-45-42-39-36-33-30-27-24-21-18-15-12-9-6-3)53-62-56(59)50-47-44-41-38-35-32-29-26-23-20-17-14-11-8-5-2/h16,19,25-30,34,37,54H,4-15,17-18,20-24,31-33,35-36,38-53H2,1-3H3/t54-/m0/s1. The molecule has 0 aromatic rings. The Bertz CT molecular complexity index is 1150. The first-order chi connectivity index (χ1) is 31.0. The van der Waals surface area contributed by atoms with E-state index in [1.54, 1.807) is 0 Å². The minimum absolute atomic E-state index is 0.0935. The van der Waals surface area contributed by atoms with E-state index in [-0.39, 0.29) is 31.1 Å². The van der Waals surface area contributed by atoms with Crippen molar-refractivity contribution in [2.75, 3.05) is 13.2 Å². The summed E-state index contributed by atoms with van der Waals surface area (Å²) in [7, 11) is 0. The van der Waals surface area contributed by atoms with Gasteiger partial charge >= 0.3 is 17.9 Å². The number of ether oxygens (including phenoxy) is 3. The van der Waals surface area contributed by atoms with Crippen LogP contribution >= 0.6 is 0 Å². The zero-order valence-electron chi connectivity index (χ0n) is 41.6. The summed E-state index contributed by atoms with van der Waals surface area (Å²) in [5, 5.41) is 0. The molecule has 0 fully saturated rings. The van der Waals surface area contributed by atoms with Crippen LogP contribution in [0.5, 0.6) is 0 Å². The van der Waals surface area contributed by atoms with Gasteiger partial charge in [-0.1, -0.05) is 197 Å². The van der Waals surface area contributed by atoms with Crippen LogP contribution in [0.2, 0.25) is 0 Å². The Morgan fingerprint density at radius 1 is 0.317 bits per heavy atom. The average molecular weight is 881 g/mol. The number of hydrogen-bond acceptors (Lipinski definition) is 6. The lowest BCUT2D eigenvalue weighted by molar-refractivity contribution is -0.167. The van der Waals surface area contributed by atoms with Gasteiger partial charge in [-0.05, 0) is 109 Å². The maximum absolute atomic E-state index is 12.8. The first-order valence-electron chi connectivity index (χ1n) is 26.8. The highest BCUT2D eigenvalue weighted by Gasteiger charge is 2.19. The van der Waals surface area contributed by atoms with Crippen LogP contribution < -0.4 is 0 Å². The lowest BCUT2D eigenvalue weighted by Crippen LogP contribution is -2.30. The summed E-state index contributed by atoms with van der Waals surface area (Å²) in [6.07, 6.45) is 63.4. The van der Waals surface area contributed by atoms with E-state index in [0.29, 0.717) is 19.3 Å². The van der Waals surface area contributed by atoms with Crippen LogP contribution in [0.15, 0.2) is 60.8 Å². The van der Waals surface area contributed by atoms with Gasteiger partial charge in [0.15, 0.2) is 6.10 Å². The van der Waals surface area contributed by atoms with Crippen molar-refractivity contribution in [3.8, 4) is 0 Å². The largest absolute Gasteiger partial charge is 0.462 e. The Kier molecular flexibility index (Phi) is 49.4. The van der Waals surface area contributed by atoms with Gasteiger partial charge in [0.1, 0.15) is 13.2 Å². The first kappa shape index (κ1) is 60.1. The first-order valence-corrected chi connectivity index (χ1v) is 26.8. The fourth-order valence-corrected chi connectivity index (χ4v) is 7.38. The Morgan fingerprint density at radius 2 is 0.571 bits per heavy atom. The molecule has 0 aromatic carbocycles. The number of hydrogen-bond donors (Lipinski definition) is 0. The summed E-state index contributed by atoms with van der Waals surface area (Å²) in [5.41, 5.74) is 0. The van der Waals surface area contributed by atoms with Crippen molar-refractivity contribution in [1.29, 1.82) is 0 Å². The van der Waals surface area contributed by atoms with Gasteiger partial charge in [-0.2, -0.15) is 0 Å². The average Bonchev–Trinajstić information content (AvgIpc) is 3.28. The summed E-state index contributed by atoms with van der Waals surface area (Å²) in [5.74, 6) is -0.944. The van der Waals surface area contributed by atoms with Crippen molar-refractivity contribution < 1.29 is 28.6 Å². The molecule has 0 radical (unpaired) electrons. The van der Waals surface area contributed by atoms with Crippen molar-refractivity contribution in [3.63, 3.8) is 0 Å². The molecule has 0 saturated heterocycles. The molecule has 0 bridgehead atoms. The molecule has 0 aromatic heterocycles. The third-order valence-corrected chi connectivity index (χ3v) is 11.5. The molecule has 0 aliphatic rings. The Balaban J connectivity index is 4.46. The number of esters is 3. The normalized spacial score (nSPS) is 12.5. The second-order valence-electron chi connectivity index (χ2n) is 17.8. The van der Waals surface area contributed by atoms with Gasteiger partial charge in [0.05, 0.1) is 0 Å². The van der Waals surface area contributed by atoms with Crippen LogP contribution in [0.3, 0.4) is 0 Å². The predicted molar refractivity (Wildman–Crippen MR) is 270 cm³/mol. The monoisotopic (exact) mass is 881 g/mol. The van der Waals surface area contributed by atoms with Gasteiger partial charge < -0.3 is 14.2 Å². The molecule has 0 aliphatic heterocycles. The maximum Gasteiger partial charge on any atom is 0.306 e. The van der Waals surface area contributed by atoms with Gasteiger partial charge in [0, 0.05) is 19.3 Å². The molecule has 1 atom stereocenters. The van der Waals surface area contributed by atoms with Crippen LogP contribution in [-0.2, 0) is 28.6 Å². The summed E-state index contributed by atoms with van der Waals surface area (Å²) in [6, 6.07) is 0. The summed E-state index contributed by atoms with van der Waals surface area (Å²) in [4.78, 5) is 38.0. The number of unbranched alkanes of at least 4 members (excludes halogenated alkanes) is 27. The molecule has 0 heterocycles. The van der Waals surface area contributed by atoms with Gasteiger partial charge in [0.2, 0.25) is 0 Å². The second kappa shape index (κ2) is 51.7. The molecule has 0 saturated carbocycles. The number of rotatable bonds is 48. The molecule has 0 amide bonds. The molecule has 0 rings (SSSR count). The minimum Gasteiger partial charge on any atom is -0.462 e. The van der Waals surface area contributed by atoms with Crippen molar-refractivity contribution in [2.24, 2.45) is 0 Å². The van der Waals surface area contributed by atoms with Crippen molar-refractivity contribution in [1.82, 2.24) is 0 Å². The highest BCUT2D eigenvalue weighted by atomic mass is 16.6. The molecule has 63 heavy (non-hydrogen) atoms. The molecular formula is C57H100O6. The molecule has 0 unspecified atom stereocenters. The van der Waals surface area contributed by atoms with E-state index in [2.05, 4.69) is 81.5 Å². The molecule has 0 N–H and O–H groups in total. The Labute approximate surface area is 390 Å². The molecule has 0 aliphatic carbocycles. The third kappa shape index (κ3) is 50.0. The third-order valence-electron chi connectivity index (χ3n) is 11.5. The Hall–Kier alpha value is -2.89. The van der Waals surface area contributed by atoms with E-state index in [9.17, 15) is 14.4 Å². The molecule has 0 spiro atoms. The second-order valence-corrected chi connectivity index (χ2v) is 17.8. The van der Waals surface area contributed by atoms with Crippen molar-refractivity contribution in [3.05, 3.63) is 60.8 Å². The topological polar surface area (TPSA) is 78.9 Å². The van der Waals surface area contributed by atoms with Crippen LogP contribution in [0, 0.1) is 0 Å². The summed E-state index contributed by atoms with van der Waals surface area (Å²) < 4.78 is 16.8. The van der Waals surface area contributed by atoms with Gasteiger partial charge in [0.25, 0.3) is 0 Å². The number of allylic oxidation sites excluding steroid dienone is 10. The van der Waals surface area contributed by atoms with E-state index in [0.717, 1.165) is 89.9 Å². The lowest BCUT2D eigenvalue weighted by Gasteiger charge is -2.18. The summed E-state index contributed by atoms with van der Waals surface area (Å²) in [6.45, 7) is 6.56. The molecule has 6 heteroatoms. The molecule has 6 nitrogen and oxygen atoms in total. The zero-order chi connectivity index (χ0) is 45.8. The minimum atomic E-state index is -0.796.